The molecule has 1 N–H and O–H groups in total. The monoisotopic (exact) mass is 439 g/mol. The van der Waals surface area contributed by atoms with E-state index in [2.05, 4.69) is 20.5 Å². The van der Waals surface area contributed by atoms with Crippen LogP contribution in [0, 0.1) is 0 Å². The number of hydrogen-bond donors (Lipinski definition) is 1. The molecule has 0 amide bonds. The highest BCUT2D eigenvalue weighted by atomic mass is 16.5. The van der Waals surface area contributed by atoms with Crippen molar-refractivity contribution < 1.29 is 4.74 Å². The first kappa shape index (κ1) is 19.4. The molecule has 0 atom stereocenters. The fourth-order valence-electron chi connectivity index (χ4n) is 3.95. The number of anilines is 1. The number of pyridine rings is 2. The Bertz CT molecular complexity index is 1570. The molecule has 1 aliphatic rings. The van der Waals surface area contributed by atoms with Gasteiger partial charge >= 0.3 is 0 Å². The molecule has 0 aliphatic heterocycles. The molecular formula is C24H21N7O2. The molecule has 1 aliphatic carbocycles. The van der Waals surface area contributed by atoms with Crippen LogP contribution in [0.4, 0.5) is 5.82 Å². The summed E-state index contributed by atoms with van der Waals surface area (Å²) in [6, 6.07) is 13.4. The molecular weight excluding hydrogens is 418 g/mol. The first-order chi connectivity index (χ1) is 16.1. The van der Waals surface area contributed by atoms with Gasteiger partial charge in [0.25, 0.3) is 5.56 Å². The van der Waals surface area contributed by atoms with Gasteiger partial charge in [-0.3, -0.25) is 9.48 Å². The van der Waals surface area contributed by atoms with Crippen LogP contribution < -0.4 is 15.6 Å². The summed E-state index contributed by atoms with van der Waals surface area (Å²) in [4.78, 5) is 22.9. The summed E-state index contributed by atoms with van der Waals surface area (Å²) in [7, 11) is 3.43. The molecule has 9 nitrogen and oxygen atoms in total. The third-order valence-corrected chi connectivity index (χ3v) is 5.74. The van der Waals surface area contributed by atoms with Crippen molar-refractivity contribution in [3.05, 3.63) is 65.2 Å². The number of nitrogens with zero attached hydrogens (tertiary/aromatic N) is 6. The smallest absolute Gasteiger partial charge is 0.281 e. The number of benzene rings is 1. The number of ether oxygens (including phenoxy) is 1. The molecule has 0 bridgehead atoms. The van der Waals surface area contributed by atoms with E-state index in [1.165, 1.54) is 4.68 Å². The number of aryl methyl sites for hydroxylation is 1. The molecule has 6 rings (SSSR count). The maximum absolute atomic E-state index is 13.8. The minimum Gasteiger partial charge on any atom is -0.481 e. The molecule has 33 heavy (non-hydrogen) atoms. The number of fused-ring (bicyclic) bond motifs is 2. The maximum atomic E-state index is 13.8. The van der Waals surface area contributed by atoms with Gasteiger partial charge in [-0.25, -0.2) is 9.97 Å². The number of methoxy groups -OCH3 is 1. The fraction of sp³-hybridized carbons (Fsp3) is 0.208. The Labute approximate surface area is 188 Å². The van der Waals surface area contributed by atoms with Gasteiger partial charge in [0, 0.05) is 42.5 Å². The van der Waals surface area contributed by atoms with E-state index in [1.54, 1.807) is 24.1 Å². The lowest BCUT2D eigenvalue weighted by atomic mass is 10.1. The summed E-state index contributed by atoms with van der Waals surface area (Å²) in [5, 5.41) is 13.4. The van der Waals surface area contributed by atoms with Crippen molar-refractivity contribution in [2.45, 2.75) is 18.9 Å². The number of nitrogens with one attached hydrogen (secondary N) is 1. The maximum Gasteiger partial charge on any atom is 0.281 e. The Kier molecular flexibility index (Phi) is 4.36. The standard InChI is InChI=1S/C24H21N7O2/c1-30-13-15-11-17(6-7-18(15)28-30)31-24(32)22(14-3-10-21(33-2)25-12-14)23-19(29-31)8-9-20(27-23)26-16-4-5-16/h3,6-13,16H,4-5H2,1-2H3,(H,26,27). The zero-order valence-corrected chi connectivity index (χ0v) is 18.2. The molecule has 4 heterocycles. The van der Waals surface area contributed by atoms with Crippen LogP contribution in [0.2, 0.25) is 0 Å². The SMILES string of the molecule is COc1ccc(-c2c(=O)n(-c3ccc4nn(C)cc4c3)nc3ccc(NC4CC4)nc23)cn1. The highest BCUT2D eigenvalue weighted by Gasteiger charge is 2.22. The van der Waals surface area contributed by atoms with Gasteiger partial charge in [-0.05, 0) is 49.2 Å². The summed E-state index contributed by atoms with van der Waals surface area (Å²) in [5.41, 5.74) is 3.50. The lowest BCUT2D eigenvalue weighted by molar-refractivity contribution is 0.398. The Morgan fingerprint density at radius 3 is 2.67 bits per heavy atom. The largest absolute Gasteiger partial charge is 0.481 e. The molecule has 1 saturated carbocycles. The average Bonchev–Trinajstić information content (AvgIpc) is 3.56. The highest BCUT2D eigenvalue weighted by Crippen LogP contribution is 2.28. The van der Waals surface area contributed by atoms with E-state index < -0.39 is 0 Å². The third kappa shape index (κ3) is 3.47. The first-order valence-electron chi connectivity index (χ1n) is 10.7. The number of hydrogen-bond acceptors (Lipinski definition) is 7. The van der Waals surface area contributed by atoms with Gasteiger partial charge < -0.3 is 10.1 Å². The van der Waals surface area contributed by atoms with Crippen molar-refractivity contribution >= 4 is 27.8 Å². The quantitative estimate of drug-likeness (QED) is 0.448. The van der Waals surface area contributed by atoms with Crippen LogP contribution in [0.1, 0.15) is 12.8 Å². The molecule has 0 radical (unpaired) electrons. The summed E-state index contributed by atoms with van der Waals surface area (Å²) < 4.78 is 8.36. The normalized spacial score (nSPS) is 13.5. The third-order valence-electron chi connectivity index (χ3n) is 5.74. The predicted octanol–water partition coefficient (Wildman–Crippen LogP) is 3.31. The number of rotatable bonds is 5. The van der Waals surface area contributed by atoms with Crippen LogP contribution in [0.3, 0.4) is 0 Å². The van der Waals surface area contributed by atoms with Crippen molar-refractivity contribution in [2.24, 2.45) is 7.05 Å². The Morgan fingerprint density at radius 1 is 1.06 bits per heavy atom. The Balaban J connectivity index is 1.59. The molecule has 164 valence electrons. The van der Waals surface area contributed by atoms with Crippen molar-refractivity contribution in [3.63, 3.8) is 0 Å². The summed E-state index contributed by atoms with van der Waals surface area (Å²) in [6.45, 7) is 0. The van der Waals surface area contributed by atoms with Crippen LogP contribution in [0.25, 0.3) is 38.8 Å². The second kappa shape index (κ2) is 7.40. The van der Waals surface area contributed by atoms with Crippen LogP contribution in [0.5, 0.6) is 5.88 Å². The molecule has 9 heteroatoms. The van der Waals surface area contributed by atoms with Crippen LogP contribution in [-0.4, -0.2) is 42.7 Å². The van der Waals surface area contributed by atoms with Crippen LogP contribution >= 0.6 is 0 Å². The van der Waals surface area contributed by atoms with E-state index in [0.717, 1.165) is 29.6 Å². The fourth-order valence-corrected chi connectivity index (χ4v) is 3.95. The molecule has 5 aromatic rings. The van der Waals surface area contributed by atoms with Crippen LogP contribution in [-0.2, 0) is 7.05 Å². The molecule has 1 fully saturated rings. The predicted molar refractivity (Wildman–Crippen MR) is 126 cm³/mol. The zero-order chi connectivity index (χ0) is 22.5. The molecule has 4 aromatic heterocycles. The van der Waals surface area contributed by atoms with Gasteiger partial charge in [-0.15, -0.1) is 0 Å². The van der Waals surface area contributed by atoms with Crippen LogP contribution in [0.15, 0.2) is 59.7 Å². The second-order valence-corrected chi connectivity index (χ2v) is 8.21. The van der Waals surface area contributed by atoms with E-state index in [1.807, 2.05) is 49.6 Å². The van der Waals surface area contributed by atoms with E-state index in [9.17, 15) is 4.79 Å². The van der Waals surface area contributed by atoms with E-state index in [0.29, 0.717) is 39.8 Å². The summed E-state index contributed by atoms with van der Waals surface area (Å²) >= 11 is 0. The van der Waals surface area contributed by atoms with Gasteiger partial charge in [0.2, 0.25) is 5.88 Å². The number of aromatic nitrogens is 6. The average molecular weight is 439 g/mol. The van der Waals surface area contributed by atoms with Crippen molar-refractivity contribution in [3.8, 4) is 22.7 Å². The van der Waals surface area contributed by atoms with Gasteiger partial charge in [-0.1, -0.05) is 0 Å². The zero-order valence-electron chi connectivity index (χ0n) is 18.2. The van der Waals surface area contributed by atoms with Gasteiger partial charge in [0.05, 0.1) is 23.9 Å². The minimum absolute atomic E-state index is 0.270. The summed E-state index contributed by atoms with van der Waals surface area (Å²) in [5.74, 6) is 1.21. The topological polar surface area (TPSA) is 99.8 Å². The molecule has 0 unspecified atom stereocenters. The van der Waals surface area contributed by atoms with E-state index in [-0.39, 0.29) is 5.56 Å². The minimum atomic E-state index is -0.270. The lowest BCUT2D eigenvalue weighted by Gasteiger charge is -2.12. The first-order valence-corrected chi connectivity index (χ1v) is 10.7. The highest BCUT2D eigenvalue weighted by molar-refractivity contribution is 5.91. The van der Waals surface area contributed by atoms with Gasteiger partial charge in [0.15, 0.2) is 0 Å². The van der Waals surface area contributed by atoms with Gasteiger partial charge in [-0.2, -0.15) is 14.9 Å². The Hall–Kier alpha value is -4.27. The van der Waals surface area contributed by atoms with Crippen molar-refractivity contribution in [1.82, 2.24) is 29.5 Å². The van der Waals surface area contributed by atoms with E-state index in [4.69, 9.17) is 9.72 Å². The molecule has 1 aromatic carbocycles. The molecule has 0 spiro atoms. The van der Waals surface area contributed by atoms with Crippen molar-refractivity contribution in [1.29, 1.82) is 0 Å². The Morgan fingerprint density at radius 2 is 1.91 bits per heavy atom. The van der Waals surface area contributed by atoms with Gasteiger partial charge in [0.1, 0.15) is 16.9 Å². The second-order valence-electron chi connectivity index (χ2n) is 8.21. The molecule has 0 saturated heterocycles. The lowest BCUT2D eigenvalue weighted by Crippen LogP contribution is -2.24. The van der Waals surface area contributed by atoms with E-state index >= 15 is 0 Å². The summed E-state index contributed by atoms with van der Waals surface area (Å²) in [6.07, 6.45) is 5.81. The van der Waals surface area contributed by atoms with Crippen molar-refractivity contribution in [2.75, 3.05) is 12.4 Å².